The molecule has 0 amide bonds. The SMILES string of the molecule is Cc1ncc(C(O)C(F)(F)F)s1. The largest absolute Gasteiger partial charge is 0.419 e. The zero-order valence-electron chi connectivity index (χ0n) is 6.09. The number of aromatic nitrogens is 1. The van der Waals surface area contributed by atoms with Crippen molar-refractivity contribution in [3.8, 4) is 0 Å². The van der Waals surface area contributed by atoms with E-state index < -0.39 is 12.3 Å². The fourth-order valence-electron chi connectivity index (χ4n) is 0.666. The number of hydrogen-bond donors (Lipinski definition) is 1. The molecule has 0 fully saturated rings. The number of nitrogens with zero attached hydrogens (tertiary/aromatic N) is 1. The fraction of sp³-hybridized carbons (Fsp3) is 0.500. The molecule has 0 bridgehead atoms. The Balaban J connectivity index is 2.85. The zero-order chi connectivity index (χ0) is 9.35. The van der Waals surface area contributed by atoms with Gasteiger partial charge in [-0.3, -0.25) is 0 Å². The lowest BCUT2D eigenvalue weighted by Crippen LogP contribution is -2.18. The number of halogens is 3. The van der Waals surface area contributed by atoms with Crippen molar-refractivity contribution in [2.45, 2.75) is 19.2 Å². The predicted molar refractivity (Wildman–Crippen MR) is 37.9 cm³/mol. The third-order valence-electron chi connectivity index (χ3n) is 1.22. The molecular weight excluding hydrogens is 191 g/mol. The van der Waals surface area contributed by atoms with E-state index in [-0.39, 0.29) is 4.88 Å². The van der Waals surface area contributed by atoms with Crippen molar-refractivity contribution in [1.29, 1.82) is 0 Å². The first kappa shape index (κ1) is 9.47. The molecule has 6 heteroatoms. The molecule has 0 saturated carbocycles. The molecule has 0 radical (unpaired) electrons. The molecule has 0 aliphatic heterocycles. The molecule has 12 heavy (non-hydrogen) atoms. The van der Waals surface area contributed by atoms with E-state index in [0.29, 0.717) is 5.01 Å². The van der Waals surface area contributed by atoms with Crippen molar-refractivity contribution in [2.24, 2.45) is 0 Å². The highest BCUT2D eigenvalue weighted by atomic mass is 32.1. The molecule has 1 atom stereocenters. The summed E-state index contributed by atoms with van der Waals surface area (Å²) in [6, 6.07) is 0. The quantitative estimate of drug-likeness (QED) is 0.747. The second kappa shape index (κ2) is 3.02. The van der Waals surface area contributed by atoms with E-state index in [1.165, 1.54) is 0 Å². The number of thiazole rings is 1. The van der Waals surface area contributed by atoms with Crippen molar-refractivity contribution in [3.63, 3.8) is 0 Å². The molecule has 1 rings (SSSR count). The average molecular weight is 197 g/mol. The van der Waals surface area contributed by atoms with Crippen LogP contribution in [-0.4, -0.2) is 16.3 Å². The second-order valence-electron chi connectivity index (χ2n) is 2.23. The standard InChI is InChI=1S/C6H6F3NOS/c1-3-10-2-4(12-3)5(11)6(7,8)9/h2,5,11H,1H3. The normalized spacial score (nSPS) is 14.8. The van der Waals surface area contributed by atoms with E-state index in [4.69, 9.17) is 5.11 Å². The molecule has 1 N–H and O–H groups in total. The Morgan fingerprint density at radius 1 is 1.58 bits per heavy atom. The number of rotatable bonds is 1. The monoisotopic (exact) mass is 197 g/mol. The molecule has 0 spiro atoms. The molecule has 1 heterocycles. The zero-order valence-corrected chi connectivity index (χ0v) is 6.91. The highest BCUT2D eigenvalue weighted by Crippen LogP contribution is 2.34. The highest BCUT2D eigenvalue weighted by Gasteiger charge is 2.40. The van der Waals surface area contributed by atoms with E-state index in [0.717, 1.165) is 17.5 Å². The van der Waals surface area contributed by atoms with Crippen LogP contribution in [0, 0.1) is 6.92 Å². The van der Waals surface area contributed by atoms with Gasteiger partial charge in [-0.2, -0.15) is 13.2 Å². The lowest BCUT2D eigenvalue weighted by atomic mass is 10.3. The average Bonchev–Trinajstić information content (AvgIpc) is 2.32. The van der Waals surface area contributed by atoms with E-state index in [1.54, 1.807) is 6.92 Å². The Morgan fingerprint density at radius 2 is 2.17 bits per heavy atom. The smallest absolute Gasteiger partial charge is 0.379 e. The Hall–Kier alpha value is -0.620. The van der Waals surface area contributed by atoms with Gasteiger partial charge in [0.2, 0.25) is 0 Å². The Bertz CT molecular complexity index is 270. The van der Waals surface area contributed by atoms with Crippen LogP contribution in [0.3, 0.4) is 0 Å². The van der Waals surface area contributed by atoms with Gasteiger partial charge in [-0.25, -0.2) is 4.98 Å². The van der Waals surface area contributed by atoms with Gasteiger partial charge in [-0.15, -0.1) is 11.3 Å². The van der Waals surface area contributed by atoms with Crippen LogP contribution in [0.15, 0.2) is 6.20 Å². The molecule has 2 nitrogen and oxygen atoms in total. The van der Waals surface area contributed by atoms with Crippen LogP contribution in [0.4, 0.5) is 13.2 Å². The first-order chi connectivity index (χ1) is 5.41. The molecular formula is C6H6F3NOS. The minimum absolute atomic E-state index is 0.167. The molecule has 1 aromatic rings. The van der Waals surface area contributed by atoms with Gasteiger partial charge in [0.15, 0.2) is 6.10 Å². The number of aliphatic hydroxyl groups is 1. The van der Waals surface area contributed by atoms with Crippen LogP contribution in [-0.2, 0) is 0 Å². The van der Waals surface area contributed by atoms with Gasteiger partial charge in [-0.05, 0) is 6.92 Å². The minimum Gasteiger partial charge on any atom is -0.379 e. The number of hydrogen-bond acceptors (Lipinski definition) is 3. The van der Waals surface area contributed by atoms with E-state index in [9.17, 15) is 13.2 Å². The molecule has 1 aromatic heterocycles. The van der Waals surface area contributed by atoms with Crippen molar-refractivity contribution in [1.82, 2.24) is 4.98 Å². The number of aryl methyl sites for hydroxylation is 1. The van der Waals surface area contributed by atoms with Crippen molar-refractivity contribution in [2.75, 3.05) is 0 Å². The third-order valence-corrected chi connectivity index (χ3v) is 2.18. The Kier molecular flexibility index (Phi) is 2.39. The van der Waals surface area contributed by atoms with Gasteiger partial charge < -0.3 is 5.11 Å². The predicted octanol–water partition coefficient (Wildman–Crippen LogP) is 2.05. The summed E-state index contributed by atoms with van der Waals surface area (Å²) in [6.07, 6.45) is -5.96. The van der Waals surface area contributed by atoms with Crippen LogP contribution in [0.25, 0.3) is 0 Å². The molecule has 1 unspecified atom stereocenters. The highest BCUT2D eigenvalue weighted by molar-refractivity contribution is 7.11. The molecule has 0 saturated heterocycles. The van der Waals surface area contributed by atoms with Gasteiger partial charge in [0, 0.05) is 6.20 Å². The Morgan fingerprint density at radius 3 is 2.50 bits per heavy atom. The summed E-state index contributed by atoms with van der Waals surface area (Å²) in [7, 11) is 0. The Labute approximate surface area is 70.7 Å². The van der Waals surface area contributed by atoms with Crippen molar-refractivity contribution in [3.05, 3.63) is 16.1 Å². The third kappa shape index (κ3) is 1.95. The van der Waals surface area contributed by atoms with Crippen LogP contribution >= 0.6 is 11.3 Å². The maximum Gasteiger partial charge on any atom is 0.419 e. The first-order valence-corrected chi connectivity index (χ1v) is 3.90. The van der Waals surface area contributed by atoms with Crippen LogP contribution in [0.5, 0.6) is 0 Å². The summed E-state index contributed by atoms with van der Waals surface area (Å²) >= 11 is 0.842. The summed E-state index contributed by atoms with van der Waals surface area (Å²) in [6.45, 7) is 1.58. The maximum atomic E-state index is 11.9. The first-order valence-electron chi connectivity index (χ1n) is 3.08. The molecule has 68 valence electrons. The summed E-state index contributed by atoms with van der Waals surface area (Å²) in [5, 5.41) is 9.22. The summed E-state index contributed by atoms with van der Waals surface area (Å²) < 4.78 is 35.6. The number of aliphatic hydroxyl groups excluding tert-OH is 1. The molecule has 0 aliphatic rings. The van der Waals surface area contributed by atoms with Gasteiger partial charge in [0.1, 0.15) is 0 Å². The van der Waals surface area contributed by atoms with Gasteiger partial charge in [0.25, 0.3) is 0 Å². The van der Waals surface area contributed by atoms with E-state index >= 15 is 0 Å². The molecule has 0 aromatic carbocycles. The summed E-state index contributed by atoms with van der Waals surface area (Å²) in [4.78, 5) is 3.44. The van der Waals surface area contributed by atoms with Crippen LogP contribution in [0.1, 0.15) is 16.0 Å². The van der Waals surface area contributed by atoms with Crippen LogP contribution in [0.2, 0.25) is 0 Å². The van der Waals surface area contributed by atoms with Crippen LogP contribution < -0.4 is 0 Å². The van der Waals surface area contributed by atoms with Crippen molar-refractivity contribution >= 4 is 11.3 Å². The summed E-state index contributed by atoms with van der Waals surface area (Å²) in [5.74, 6) is 0. The topological polar surface area (TPSA) is 33.1 Å². The number of alkyl halides is 3. The lowest BCUT2D eigenvalue weighted by molar-refractivity contribution is -0.205. The van der Waals surface area contributed by atoms with Crippen molar-refractivity contribution < 1.29 is 18.3 Å². The lowest BCUT2D eigenvalue weighted by Gasteiger charge is -2.11. The fourth-order valence-corrected chi connectivity index (χ4v) is 1.46. The minimum atomic E-state index is -4.60. The van der Waals surface area contributed by atoms with Gasteiger partial charge in [-0.1, -0.05) is 0 Å². The second-order valence-corrected chi connectivity index (χ2v) is 3.49. The van der Waals surface area contributed by atoms with Gasteiger partial charge in [0.05, 0.1) is 9.88 Å². The van der Waals surface area contributed by atoms with E-state index in [1.807, 2.05) is 0 Å². The molecule has 0 aliphatic carbocycles. The van der Waals surface area contributed by atoms with E-state index in [2.05, 4.69) is 4.98 Å². The van der Waals surface area contributed by atoms with Gasteiger partial charge >= 0.3 is 6.18 Å². The summed E-state index contributed by atoms with van der Waals surface area (Å²) in [5.41, 5.74) is 0. The maximum absolute atomic E-state index is 11.9.